The highest BCUT2D eigenvalue weighted by Crippen LogP contribution is 2.25. The highest BCUT2D eigenvalue weighted by Gasteiger charge is 2.12. The van der Waals surface area contributed by atoms with Gasteiger partial charge in [-0.15, -0.1) is 0 Å². The summed E-state index contributed by atoms with van der Waals surface area (Å²) in [6, 6.07) is 15.0. The summed E-state index contributed by atoms with van der Waals surface area (Å²) in [4.78, 5) is 0. The van der Waals surface area contributed by atoms with E-state index >= 15 is 0 Å². The van der Waals surface area contributed by atoms with Crippen molar-refractivity contribution in [2.45, 2.75) is 78.6 Å². The maximum absolute atomic E-state index is 3.49. The molecule has 0 bridgehead atoms. The van der Waals surface area contributed by atoms with Gasteiger partial charge in [-0.05, 0) is 73.4 Å². The Labute approximate surface area is 161 Å². The third-order valence-corrected chi connectivity index (χ3v) is 5.00. The lowest BCUT2D eigenvalue weighted by atomic mass is 9.88. The molecule has 0 heteroatoms. The largest absolute Gasteiger partial charge is 0.0654 e. The second kappa shape index (κ2) is 11.6. The van der Waals surface area contributed by atoms with Gasteiger partial charge >= 0.3 is 0 Å². The molecule has 2 aromatic carbocycles. The summed E-state index contributed by atoms with van der Waals surface area (Å²) >= 11 is 0. The number of benzene rings is 2. The second-order valence-corrected chi connectivity index (χ2v) is 7.16. The van der Waals surface area contributed by atoms with Gasteiger partial charge in [-0.1, -0.05) is 76.1 Å². The monoisotopic (exact) mass is 346 g/mol. The molecule has 138 valence electrons. The van der Waals surface area contributed by atoms with E-state index in [-0.39, 0.29) is 0 Å². The molecule has 0 aromatic heterocycles. The Hall–Kier alpha value is -2.00. The quantitative estimate of drug-likeness (QED) is 0.424. The van der Waals surface area contributed by atoms with E-state index in [4.69, 9.17) is 0 Å². The van der Waals surface area contributed by atoms with Crippen LogP contribution in [-0.4, -0.2) is 0 Å². The van der Waals surface area contributed by atoms with E-state index in [2.05, 4.69) is 69.0 Å². The van der Waals surface area contributed by atoms with E-state index in [1.807, 2.05) is 6.07 Å². The van der Waals surface area contributed by atoms with Gasteiger partial charge in [-0.25, -0.2) is 0 Å². The van der Waals surface area contributed by atoms with E-state index in [9.17, 15) is 0 Å². The maximum atomic E-state index is 3.49. The van der Waals surface area contributed by atoms with Crippen LogP contribution in [0.15, 0.2) is 42.5 Å². The van der Waals surface area contributed by atoms with Crippen LogP contribution in [0.25, 0.3) is 0 Å². The van der Waals surface area contributed by atoms with Crippen molar-refractivity contribution < 1.29 is 0 Å². The lowest BCUT2D eigenvalue weighted by molar-refractivity contribution is 0.734. The van der Waals surface area contributed by atoms with Gasteiger partial charge in [0.2, 0.25) is 0 Å². The van der Waals surface area contributed by atoms with Crippen molar-refractivity contribution in [1.82, 2.24) is 0 Å². The van der Waals surface area contributed by atoms with Crippen molar-refractivity contribution in [3.05, 3.63) is 70.3 Å². The summed E-state index contributed by atoms with van der Waals surface area (Å²) in [5.41, 5.74) is 7.04. The van der Waals surface area contributed by atoms with Gasteiger partial charge in [0.1, 0.15) is 0 Å². The van der Waals surface area contributed by atoms with Gasteiger partial charge in [0.05, 0.1) is 0 Å². The number of hydrogen-bond donors (Lipinski definition) is 0. The van der Waals surface area contributed by atoms with Crippen LogP contribution in [0.1, 0.15) is 87.1 Å². The lowest BCUT2D eigenvalue weighted by Gasteiger charge is -2.17. The Bertz CT molecular complexity index is 713. The predicted molar refractivity (Wildman–Crippen MR) is 115 cm³/mol. The van der Waals surface area contributed by atoms with Crippen molar-refractivity contribution in [3.63, 3.8) is 0 Å². The maximum Gasteiger partial charge on any atom is 0.0284 e. The SMILES string of the molecule is CCCCc1ccc(C#Cc2ccccc2)c(CCCC)c1CCCC. The van der Waals surface area contributed by atoms with Gasteiger partial charge in [-0.2, -0.15) is 0 Å². The summed E-state index contributed by atoms with van der Waals surface area (Å²) in [5, 5.41) is 0. The zero-order valence-electron chi connectivity index (χ0n) is 16.9. The van der Waals surface area contributed by atoms with Crippen molar-refractivity contribution in [1.29, 1.82) is 0 Å². The molecule has 0 heterocycles. The van der Waals surface area contributed by atoms with Crippen LogP contribution < -0.4 is 0 Å². The fraction of sp³-hybridized carbons (Fsp3) is 0.462. The van der Waals surface area contributed by atoms with Crippen LogP contribution in [0.5, 0.6) is 0 Å². The second-order valence-electron chi connectivity index (χ2n) is 7.16. The predicted octanol–water partition coefficient (Wildman–Crippen LogP) is 7.11. The highest BCUT2D eigenvalue weighted by molar-refractivity contribution is 5.52. The first-order valence-electron chi connectivity index (χ1n) is 10.5. The Kier molecular flexibility index (Phi) is 9.05. The van der Waals surface area contributed by atoms with Crippen LogP contribution in [-0.2, 0) is 19.3 Å². The van der Waals surface area contributed by atoms with Gasteiger partial charge in [0, 0.05) is 11.1 Å². The summed E-state index contributed by atoms with van der Waals surface area (Å²) in [7, 11) is 0. The Balaban J connectivity index is 2.43. The van der Waals surface area contributed by atoms with E-state index < -0.39 is 0 Å². The molecule has 0 fully saturated rings. The minimum absolute atomic E-state index is 1.10. The van der Waals surface area contributed by atoms with Crippen LogP contribution in [0, 0.1) is 11.8 Å². The average molecular weight is 347 g/mol. The molecule has 0 radical (unpaired) electrons. The molecule has 0 aliphatic rings. The molecule has 0 aliphatic heterocycles. The molecule has 0 aliphatic carbocycles. The lowest BCUT2D eigenvalue weighted by Crippen LogP contribution is -2.04. The van der Waals surface area contributed by atoms with Gasteiger partial charge < -0.3 is 0 Å². The standard InChI is InChI=1S/C26H34/c1-4-7-15-23-20-21-24(19-18-22-13-11-10-12-14-22)26(17-9-6-3)25(23)16-8-5-2/h10-14,20-21H,4-9,15-17H2,1-3H3. The van der Waals surface area contributed by atoms with Crippen molar-refractivity contribution in [2.24, 2.45) is 0 Å². The van der Waals surface area contributed by atoms with Crippen molar-refractivity contribution >= 4 is 0 Å². The molecular formula is C26H34. The minimum Gasteiger partial charge on any atom is -0.0654 e. The van der Waals surface area contributed by atoms with Gasteiger partial charge in [-0.3, -0.25) is 0 Å². The molecule has 0 spiro atoms. The molecule has 0 amide bonds. The van der Waals surface area contributed by atoms with Crippen molar-refractivity contribution in [2.75, 3.05) is 0 Å². The summed E-state index contributed by atoms with van der Waals surface area (Å²) in [6.45, 7) is 6.85. The topological polar surface area (TPSA) is 0 Å². The smallest absolute Gasteiger partial charge is 0.0284 e. The van der Waals surface area contributed by atoms with Crippen LogP contribution >= 0.6 is 0 Å². The van der Waals surface area contributed by atoms with Crippen LogP contribution in [0.4, 0.5) is 0 Å². The fourth-order valence-corrected chi connectivity index (χ4v) is 3.43. The molecule has 0 nitrogen and oxygen atoms in total. The molecule has 26 heavy (non-hydrogen) atoms. The van der Waals surface area contributed by atoms with E-state index in [0.29, 0.717) is 0 Å². The van der Waals surface area contributed by atoms with Crippen molar-refractivity contribution in [3.8, 4) is 11.8 Å². The third kappa shape index (κ3) is 6.06. The molecule has 0 saturated heterocycles. The minimum atomic E-state index is 1.10. The van der Waals surface area contributed by atoms with Gasteiger partial charge in [0.15, 0.2) is 0 Å². The third-order valence-electron chi connectivity index (χ3n) is 5.00. The Morgan fingerprint density at radius 3 is 1.88 bits per heavy atom. The molecule has 0 atom stereocenters. The molecule has 2 rings (SSSR count). The van der Waals surface area contributed by atoms with Crippen LogP contribution in [0.2, 0.25) is 0 Å². The molecule has 0 saturated carbocycles. The normalized spacial score (nSPS) is 10.4. The zero-order chi connectivity index (χ0) is 18.6. The first-order valence-corrected chi connectivity index (χ1v) is 10.5. The summed E-state index contributed by atoms with van der Waals surface area (Å²) in [6.07, 6.45) is 11.1. The highest BCUT2D eigenvalue weighted by atomic mass is 14.2. The number of aryl methyl sites for hydroxylation is 1. The number of rotatable bonds is 9. The van der Waals surface area contributed by atoms with E-state index in [0.717, 1.165) is 12.0 Å². The average Bonchev–Trinajstić information content (AvgIpc) is 2.69. The zero-order valence-corrected chi connectivity index (χ0v) is 16.9. The molecule has 0 N–H and O–H groups in total. The van der Waals surface area contributed by atoms with Crippen LogP contribution in [0.3, 0.4) is 0 Å². The number of hydrogen-bond acceptors (Lipinski definition) is 0. The molecular weight excluding hydrogens is 312 g/mol. The summed E-state index contributed by atoms with van der Waals surface area (Å²) < 4.78 is 0. The summed E-state index contributed by atoms with van der Waals surface area (Å²) in [5.74, 6) is 6.86. The van der Waals surface area contributed by atoms with E-state index in [1.165, 1.54) is 62.5 Å². The fourth-order valence-electron chi connectivity index (χ4n) is 3.43. The van der Waals surface area contributed by atoms with Gasteiger partial charge in [0.25, 0.3) is 0 Å². The Morgan fingerprint density at radius 1 is 0.615 bits per heavy atom. The molecule has 0 unspecified atom stereocenters. The Morgan fingerprint density at radius 2 is 1.23 bits per heavy atom. The molecule has 2 aromatic rings. The van der Waals surface area contributed by atoms with E-state index in [1.54, 1.807) is 11.1 Å². The first-order chi connectivity index (χ1) is 12.8. The first kappa shape index (κ1) is 20.3. The number of unbranched alkanes of at least 4 members (excludes halogenated alkanes) is 3.